The number of hydrogen-bond acceptors (Lipinski definition) is 2. The molecule has 100 valence electrons. The topological polar surface area (TPSA) is 3.24 Å². The van der Waals surface area contributed by atoms with E-state index in [1.807, 2.05) is 0 Å². The molecule has 1 saturated carbocycles. The third-order valence-electron chi connectivity index (χ3n) is 4.79. The Hall–Kier alpha value is 0.310. The van der Waals surface area contributed by atoms with Crippen LogP contribution in [0, 0.1) is 10.8 Å². The molecule has 1 aliphatic heterocycles. The first-order valence-electron chi connectivity index (χ1n) is 7.39. The lowest BCUT2D eigenvalue weighted by Gasteiger charge is -2.45. The van der Waals surface area contributed by atoms with Crippen LogP contribution in [0.4, 0.5) is 0 Å². The number of nitrogens with zero attached hydrogens (tertiary/aromatic N) is 1. The quantitative estimate of drug-likeness (QED) is 0.746. The molecule has 0 amide bonds. The van der Waals surface area contributed by atoms with Gasteiger partial charge in [0.05, 0.1) is 0 Å². The van der Waals surface area contributed by atoms with Crippen molar-refractivity contribution in [3.8, 4) is 0 Å². The van der Waals surface area contributed by atoms with Gasteiger partial charge in [0.25, 0.3) is 0 Å². The zero-order valence-electron chi connectivity index (χ0n) is 11.7. The van der Waals surface area contributed by atoms with Crippen LogP contribution in [-0.4, -0.2) is 30.3 Å². The first-order valence-corrected chi connectivity index (χ1v) is 8.02. The van der Waals surface area contributed by atoms with Crippen LogP contribution in [0.15, 0.2) is 0 Å². The van der Waals surface area contributed by atoms with Crippen LogP contribution in [0.5, 0.6) is 0 Å². The van der Waals surface area contributed by atoms with E-state index in [0.29, 0.717) is 10.8 Å². The van der Waals surface area contributed by atoms with Gasteiger partial charge in [0.15, 0.2) is 0 Å². The molecule has 2 aliphatic rings. The summed E-state index contributed by atoms with van der Waals surface area (Å²) in [6, 6.07) is 0. The smallest absolute Gasteiger partial charge is 0.00460 e. The van der Waals surface area contributed by atoms with Crippen LogP contribution < -0.4 is 0 Å². The highest BCUT2D eigenvalue weighted by atomic mass is 32.1. The summed E-state index contributed by atoms with van der Waals surface area (Å²) in [6.45, 7) is 8.77. The van der Waals surface area contributed by atoms with E-state index in [1.54, 1.807) is 0 Å². The summed E-state index contributed by atoms with van der Waals surface area (Å²) in [7, 11) is 0. The maximum Gasteiger partial charge on any atom is 0.00460 e. The van der Waals surface area contributed by atoms with Crippen LogP contribution in [0.2, 0.25) is 0 Å². The number of likely N-dealkylation sites (tertiary alicyclic amines) is 1. The molecule has 1 nitrogen and oxygen atoms in total. The van der Waals surface area contributed by atoms with E-state index in [-0.39, 0.29) is 0 Å². The highest BCUT2D eigenvalue weighted by Crippen LogP contribution is 2.39. The Morgan fingerprint density at radius 1 is 1.00 bits per heavy atom. The third-order valence-corrected chi connectivity index (χ3v) is 5.46. The lowest BCUT2D eigenvalue weighted by molar-refractivity contribution is 0.0607. The zero-order chi connectivity index (χ0) is 12.4. The molecule has 1 aliphatic carbocycles. The fourth-order valence-electron chi connectivity index (χ4n) is 3.82. The fraction of sp³-hybridized carbons (Fsp3) is 1.00. The summed E-state index contributed by atoms with van der Waals surface area (Å²) in [4.78, 5) is 2.73. The van der Waals surface area contributed by atoms with E-state index >= 15 is 0 Å². The molecule has 0 N–H and O–H groups in total. The van der Waals surface area contributed by atoms with Gasteiger partial charge in [-0.1, -0.05) is 33.1 Å². The Morgan fingerprint density at radius 2 is 1.71 bits per heavy atom. The summed E-state index contributed by atoms with van der Waals surface area (Å²) in [6.07, 6.45) is 9.91. The second-order valence-electron chi connectivity index (χ2n) is 7.20. The lowest BCUT2D eigenvalue weighted by Crippen LogP contribution is -2.47. The molecule has 0 radical (unpaired) electrons. The molecule has 2 rings (SSSR count). The van der Waals surface area contributed by atoms with E-state index in [2.05, 4.69) is 31.4 Å². The average Bonchev–Trinajstić information content (AvgIpc) is 2.29. The Morgan fingerprint density at radius 3 is 2.29 bits per heavy atom. The van der Waals surface area contributed by atoms with Crippen molar-refractivity contribution in [3.63, 3.8) is 0 Å². The first-order chi connectivity index (χ1) is 8.05. The largest absolute Gasteiger partial charge is 0.302 e. The predicted octanol–water partition coefficient (Wildman–Crippen LogP) is 3.99. The molecule has 0 bridgehead atoms. The van der Waals surface area contributed by atoms with Crippen molar-refractivity contribution >= 4 is 12.6 Å². The second-order valence-corrected chi connectivity index (χ2v) is 7.51. The van der Waals surface area contributed by atoms with Gasteiger partial charge >= 0.3 is 0 Å². The minimum absolute atomic E-state index is 0.532. The molecule has 1 heterocycles. The molecule has 0 aromatic rings. The molecule has 0 aromatic carbocycles. The summed E-state index contributed by atoms with van der Waals surface area (Å²) in [5.41, 5.74) is 1.07. The SMILES string of the molecule is CC1(C)CCCN(CC2(CS)CCCCC2)C1. The molecular weight excluding hydrogens is 226 g/mol. The van der Waals surface area contributed by atoms with Crippen molar-refractivity contribution < 1.29 is 0 Å². The molecule has 0 spiro atoms. The van der Waals surface area contributed by atoms with Crippen LogP contribution in [0.3, 0.4) is 0 Å². The summed E-state index contributed by atoms with van der Waals surface area (Å²) < 4.78 is 0. The molecule has 1 saturated heterocycles. The van der Waals surface area contributed by atoms with Crippen molar-refractivity contribution in [2.24, 2.45) is 10.8 Å². The monoisotopic (exact) mass is 255 g/mol. The van der Waals surface area contributed by atoms with Crippen molar-refractivity contribution in [2.75, 3.05) is 25.4 Å². The van der Waals surface area contributed by atoms with E-state index in [1.165, 1.54) is 64.6 Å². The van der Waals surface area contributed by atoms with Gasteiger partial charge in [-0.25, -0.2) is 0 Å². The van der Waals surface area contributed by atoms with Gasteiger partial charge in [0.1, 0.15) is 0 Å². The Bertz CT molecular complexity index is 243. The maximum atomic E-state index is 4.67. The minimum Gasteiger partial charge on any atom is -0.302 e. The van der Waals surface area contributed by atoms with Crippen molar-refractivity contribution in [3.05, 3.63) is 0 Å². The van der Waals surface area contributed by atoms with Gasteiger partial charge in [0.2, 0.25) is 0 Å². The van der Waals surface area contributed by atoms with E-state index in [4.69, 9.17) is 0 Å². The van der Waals surface area contributed by atoms with Crippen molar-refractivity contribution in [1.29, 1.82) is 0 Å². The van der Waals surface area contributed by atoms with Crippen molar-refractivity contribution in [2.45, 2.75) is 58.8 Å². The predicted molar refractivity (Wildman–Crippen MR) is 78.8 cm³/mol. The molecule has 0 atom stereocenters. The van der Waals surface area contributed by atoms with Gasteiger partial charge in [-0.3, -0.25) is 0 Å². The third kappa shape index (κ3) is 3.64. The van der Waals surface area contributed by atoms with Crippen LogP contribution in [0.25, 0.3) is 0 Å². The van der Waals surface area contributed by atoms with Gasteiger partial charge < -0.3 is 4.90 Å². The highest BCUT2D eigenvalue weighted by molar-refractivity contribution is 7.80. The molecule has 2 heteroatoms. The van der Waals surface area contributed by atoms with Crippen LogP contribution in [0.1, 0.15) is 58.8 Å². The Labute approximate surface area is 113 Å². The van der Waals surface area contributed by atoms with E-state index in [9.17, 15) is 0 Å². The molecule has 2 fully saturated rings. The minimum atomic E-state index is 0.532. The van der Waals surface area contributed by atoms with Gasteiger partial charge in [-0.05, 0) is 48.8 Å². The summed E-state index contributed by atoms with van der Waals surface area (Å²) >= 11 is 4.67. The average molecular weight is 255 g/mol. The summed E-state index contributed by atoms with van der Waals surface area (Å²) in [5.74, 6) is 1.09. The number of piperidine rings is 1. The standard InChI is InChI=1S/C15H29NS/c1-14(2)7-6-10-16(11-14)12-15(13-17)8-4-3-5-9-15/h17H,3-13H2,1-2H3. The number of hydrogen-bond donors (Lipinski definition) is 1. The fourth-order valence-corrected chi connectivity index (χ4v) is 4.24. The number of rotatable bonds is 3. The lowest BCUT2D eigenvalue weighted by atomic mass is 9.74. The molecular formula is C15H29NS. The van der Waals surface area contributed by atoms with Gasteiger partial charge in [-0.2, -0.15) is 12.6 Å². The molecule has 17 heavy (non-hydrogen) atoms. The normalized spacial score (nSPS) is 29.1. The number of thiol groups is 1. The molecule has 0 aromatic heterocycles. The molecule has 0 unspecified atom stereocenters. The van der Waals surface area contributed by atoms with E-state index in [0.717, 1.165) is 5.75 Å². The zero-order valence-corrected chi connectivity index (χ0v) is 12.6. The second kappa shape index (κ2) is 5.52. The van der Waals surface area contributed by atoms with Gasteiger partial charge in [-0.15, -0.1) is 0 Å². The maximum absolute atomic E-state index is 4.67. The van der Waals surface area contributed by atoms with Gasteiger partial charge in [0, 0.05) is 13.1 Å². The highest BCUT2D eigenvalue weighted by Gasteiger charge is 2.35. The van der Waals surface area contributed by atoms with Crippen LogP contribution >= 0.6 is 12.6 Å². The van der Waals surface area contributed by atoms with E-state index < -0.39 is 0 Å². The summed E-state index contributed by atoms with van der Waals surface area (Å²) in [5, 5.41) is 0. The van der Waals surface area contributed by atoms with Crippen LogP contribution in [-0.2, 0) is 0 Å². The Balaban J connectivity index is 1.93. The van der Waals surface area contributed by atoms with Crippen molar-refractivity contribution in [1.82, 2.24) is 4.90 Å². The Kier molecular flexibility index (Phi) is 4.46. The first kappa shape index (κ1) is 13.7.